The summed E-state index contributed by atoms with van der Waals surface area (Å²) in [5, 5.41) is 1.40. The van der Waals surface area contributed by atoms with Crippen LogP contribution >= 0.6 is 23.1 Å². The fraction of sp³-hybridized carbons (Fsp3) is 0.200. The Balaban J connectivity index is 2.37. The number of halogens is 1. The van der Waals surface area contributed by atoms with Gasteiger partial charge >= 0.3 is 0 Å². The van der Waals surface area contributed by atoms with Crippen LogP contribution in [0.15, 0.2) is 18.2 Å². The number of benzene rings is 1. The highest BCUT2D eigenvalue weighted by Crippen LogP contribution is 2.31. The van der Waals surface area contributed by atoms with Crippen LogP contribution in [0.4, 0.5) is 0 Å². The van der Waals surface area contributed by atoms with E-state index in [4.69, 9.17) is 22.1 Å². The lowest BCUT2D eigenvalue weighted by Crippen LogP contribution is -2.30. The van der Waals surface area contributed by atoms with Gasteiger partial charge in [0.15, 0.2) is 6.10 Å². The maximum Gasteiger partial charge on any atom is 0.258 e. The Morgan fingerprint density at radius 3 is 3.06 bits per heavy atom. The van der Waals surface area contributed by atoms with Crippen molar-refractivity contribution in [3.05, 3.63) is 23.2 Å². The Labute approximate surface area is 101 Å². The Bertz CT molecular complexity index is 541. The predicted molar refractivity (Wildman–Crippen MR) is 63.9 cm³/mol. The summed E-state index contributed by atoms with van der Waals surface area (Å²) in [6, 6.07) is 5.39. The summed E-state index contributed by atoms with van der Waals surface area (Å²) in [4.78, 5) is 10.9. The second-order valence-corrected chi connectivity index (χ2v) is 4.53. The first-order chi connectivity index (χ1) is 7.58. The van der Waals surface area contributed by atoms with E-state index in [0.717, 1.165) is 10.1 Å². The number of hydrogen-bond donors (Lipinski definition) is 1. The van der Waals surface area contributed by atoms with Crippen molar-refractivity contribution >= 4 is 39.1 Å². The van der Waals surface area contributed by atoms with Crippen LogP contribution in [0.25, 0.3) is 10.1 Å². The van der Waals surface area contributed by atoms with Crippen LogP contribution in [0.3, 0.4) is 0 Å². The molecule has 0 saturated heterocycles. The molecule has 0 aliphatic rings. The van der Waals surface area contributed by atoms with Crippen molar-refractivity contribution in [2.24, 2.45) is 5.73 Å². The molecule has 1 atom stereocenters. The lowest BCUT2D eigenvalue weighted by atomic mass is 10.3. The Morgan fingerprint density at radius 1 is 1.62 bits per heavy atom. The quantitative estimate of drug-likeness (QED) is 0.916. The van der Waals surface area contributed by atoms with Crippen LogP contribution in [0, 0.1) is 0 Å². The highest BCUT2D eigenvalue weighted by atomic mass is 35.5. The summed E-state index contributed by atoms with van der Waals surface area (Å²) in [6.45, 7) is 1.58. The van der Waals surface area contributed by atoms with Crippen molar-refractivity contribution in [1.29, 1.82) is 0 Å². The van der Waals surface area contributed by atoms with E-state index in [-0.39, 0.29) is 0 Å². The number of carbonyl (C=O) groups is 1. The molecule has 0 spiro atoms. The molecule has 84 valence electrons. The van der Waals surface area contributed by atoms with Gasteiger partial charge in [0, 0.05) is 5.02 Å². The molecule has 1 unspecified atom stereocenters. The molecule has 0 bridgehead atoms. The number of hydrogen-bond acceptors (Lipinski definition) is 4. The third kappa shape index (κ3) is 2.10. The minimum atomic E-state index is -0.704. The molecule has 0 aliphatic heterocycles. The van der Waals surface area contributed by atoms with Crippen molar-refractivity contribution in [3.8, 4) is 5.88 Å². The van der Waals surface area contributed by atoms with Gasteiger partial charge in [0.2, 0.25) is 5.88 Å². The van der Waals surface area contributed by atoms with E-state index in [1.807, 2.05) is 6.07 Å². The number of primary amides is 1. The van der Waals surface area contributed by atoms with Crippen LogP contribution in [0.1, 0.15) is 6.92 Å². The van der Waals surface area contributed by atoms with Crippen molar-refractivity contribution in [2.75, 3.05) is 0 Å². The van der Waals surface area contributed by atoms with Crippen molar-refractivity contribution < 1.29 is 9.53 Å². The summed E-state index contributed by atoms with van der Waals surface area (Å²) in [5.41, 5.74) is 5.11. The van der Waals surface area contributed by atoms with E-state index >= 15 is 0 Å². The molecule has 16 heavy (non-hydrogen) atoms. The van der Waals surface area contributed by atoms with Gasteiger partial charge in [-0.2, -0.15) is 4.37 Å². The van der Waals surface area contributed by atoms with Crippen LogP contribution in [-0.4, -0.2) is 16.4 Å². The van der Waals surface area contributed by atoms with E-state index in [1.54, 1.807) is 19.1 Å². The fourth-order valence-corrected chi connectivity index (χ4v) is 2.07. The van der Waals surface area contributed by atoms with Crippen molar-refractivity contribution in [3.63, 3.8) is 0 Å². The van der Waals surface area contributed by atoms with Gasteiger partial charge in [0.05, 0.1) is 10.1 Å². The van der Waals surface area contributed by atoms with Gasteiger partial charge < -0.3 is 10.5 Å². The van der Waals surface area contributed by atoms with E-state index in [9.17, 15) is 4.79 Å². The minimum absolute atomic E-state index is 0.397. The first-order valence-electron chi connectivity index (χ1n) is 4.59. The van der Waals surface area contributed by atoms with Gasteiger partial charge in [-0.25, -0.2) is 0 Å². The SMILES string of the molecule is CC(Oc1nsc2ccc(Cl)cc12)C(N)=O. The van der Waals surface area contributed by atoms with Crippen LogP contribution < -0.4 is 10.5 Å². The van der Waals surface area contributed by atoms with E-state index in [2.05, 4.69) is 4.37 Å². The highest BCUT2D eigenvalue weighted by molar-refractivity contribution is 7.13. The standard InChI is InChI=1S/C10H9ClN2O2S/c1-5(9(12)14)15-10-7-4-6(11)2-3-8(7)16-13-10/h2-5H,1H3,(H2,12,14). The Kier molecular flexibility index (Phi) is 2.98. The minimum Gasteiger partial charge on any atom is -0.463 e. The lowest BCUT2D eigenvalue weighted by molar-refractivity contribution is -0.124. The maximum absolute atomic E-state index is 10.9. The first kappa shape index (κ1) is 11.2. The second kappa shape index (κ2) is 4.27. The van der Waals surface area contributed by atoms with Gasteiger partial charge in [0.25, 0.3) is 5.91 Å². The average molecular weight is 257 g/mol. The third-order valence-electron chi connectivity index (χ3n) is 2.09. The lowest BCUT2D eigenvalue weighted by Gasteiger charge is -2.08. The van der Waals surface area contributed by atoms with Gasteiger partial charge in [-0.05, 0) is 36.7 Å². The smallest absolute Gasteiger partial charge is 0.258 e. The van der Waals surface area contributed by atoms with Crippen molar-refractivity contribution in [1.82, 2.24) is 4.37 Å². The molecule has 1 heterocycles. The Hall–Kier alpha value is -1.33. The molecule has 2 rings (SSSR count). The van der Waals surface area contributed by atoms with E-state index < -0.39 is 12.0 Å². The van der Waals surface area contributed by atoms with Gasteiger partial charge in [-0.15, -0.1) is 0 Å². The molecule has 0 fully saturated rings. The fourth-order valence-electron chi connectivity index (χ4n) is 1.20. The molecular weight excluding hydrogens is 248 g/mol. The van der Waals surface area contributed by atoms with Gasteiger partial charge in [-0.1, -0.05) is 11.6 Å². The summed E-state index contributed by atoms with van der Waals surface area (Å²) < 4.78 is 10.4. The summed E-state index contributed by atoms with van der Waals surface area (Å²) in [6.07, 6.45) is -0.704. The molecule has 2 N–H and O–H groups in total. The van der Waals surface area contributed by atoms with Crippen LogP contribution in [0.5, 0.6) is 5.88 Å². The van der Waals surface area contributed by atoms with Crippen LogP contribution in [-0.2, 0) is 4.79 Å². The Morgan fingerprint density at radius 2 is 2.38 bits per heavy atom. The molecule has 4 nitrogen and oxygen atoms in total. The third-order valence-corrected chi connectivity index (χ3v) is 3.13. The number of nitrogens with two attached hydrogens (primary N) is 1. The number of nitrogens with zero attached hydrogens (tertiary/aromatic N) is 1. The normalized spacial score (nSPS) is 12.6. The monoisotopic (exact) mass is 256 g/mol. The number of ether oxygens (including phenoxy) is 1. The molecule has 0 aliphatic carbocycles. The van der Waals surface area contributed by atoms with Gasteiger partial charge in [0.1, 0.15) is 0 Å². The molecule has 1 aromatic carbocycles. The van der Waals surface area contributed by atoms with Gasteiger partial charge in [-0.3, -0.25) is 4.79 Å². The zero-order chi connectivity index (χ0) is 11.7. The summed E-state index contributed by atoms with van der Waals surface area (Å²) >= 11 is 7.17. The zero-order valence-corrected chi connectivity index (χ0v) is 10.0. The number of amides is 1. The van der Waals surface area contributed by atoms with E-state index in [1.165, 1.54) is 11.5 Å². The van der Waals surface area contributed by atoms with E-state index in [0.29, 0.717) is 10.9 Å². The molecule has 0 saturated carbocycles. The molecular formula is C10H9ClN2O2S. The second-order valence-electron chi connectivity index (χ2n) is 3.29. The molecule has 6 heteroatoms. The molecule has 0 radical (unpaired) electrons. The number of rotatable bonds is 3. The topological polar surface area (TPSA) is 65.2 Å². The highest BCUT2D eigenvalue weighted by Gasteiger charge is 2.15. The molecule has 1 amide bonds. The summed E-state index contributed by atoms with van der Waals surface area (Å²) in [7, 11) is 0. The predicted octanol–water partition coefficient (Wildman–Crippen LogP) is 2.20. The first-order valence-corrected chi connectivity index (χ1v) is 5.74. The number of carbonyl (C=O) groups excluding carboxylic acids is 1. The average Bonchev–Trinajstić information content (AvgIpc) is 2.61. The van der Waals surface area contributed by atoms with Crippen molar-refractivity contribution in [2.45, 2.75) is 13.0 Å². The van der Waals surface area contributed by atoms with Crippen LogP contribution in [0.2, 0.25) is 5.02 Å². The number of fused-ring (bicyclic) bond motifs is 1. The number of aromatic nitrogens is 1. The maximum atomic E-state index is 10.9. The zero-order valence-electron chi connectivity index (χ0n) is 8.44. The molecule has 2 aromatic rings. The summed E-state index contributed by atoms with van der Waals surface area (Å²) in [5.74, 6) is -0.128. The molecule has 1 aromatic heterocycles. The largest absolute Gasteiger partial charge is 0.463 e.